The highest BCUT2D eigenvalue weighted by molar-refractivity contribution is 7.10. The van der Waals surface area contributed by atoms with Gasteiger partial charge < -0.3 is 14.4 Å². The summed E-state index contributed by atoms with van der Waals surface area (Å²) in [5, 5.41) is 2.05. The maximum Gasteiger partial charge on any atom is 0.247 e. The van der Waals surface area contributed by atoms with Crippen molar-refractivity contribution in [2.24, 2.45) is 0 Å². The minimum absolute atomic E-state index is 0.00712. The predicted octanol–water partition coefficient (Wildman–Crippen LogP) is 4.95. The molecule has 148 valence electrons. The molecular formula is C24H23NO3S. The van der Waals surface area contributed by atoms with Crippen LogP contribution in [0.5, 0.6) is 11.5 Å². The van der Waals surface area contributed by atoms with Crippen LogP contribution < -0.4 is 9.47 Å². The van der Waals surface area contributed by atoms with E-state index in [0.717, 1.165) is 28.2 Å². The van der Waals surface area contributed by atoms with Crippen molar-refractivity contribution in [2.45, 2.75) is 12.5 Å². The van der Waals surface area contributed by atoms with Crippen molar-refractivity contribution in [1.29, 1.82) is 0 Å². The number of rotatable bonds is 5. The molecular weight excluding hydrogens is 382 g/mol. The van der Waals surface area contributed by atoms with Gasteiger partial charge in [-0.2, -0.15) is 0 Å². The molecule has 1 amide bonds. The Labute approximate surface area is 175 Å². The molecule has 3 aromatic rings. The minimum atomic E-state index is -0.133. The van der Waals surface area contributed by atoms with E-state index in [9.17, 15) is 4.79 Å². The molecule has 2 heterocycles. The molecule has 4 rings (SSSR count). The standard InChI is InChI=1S/C24H23NO3S/c1-27-20-15-18-12-13-25(23(26)11-10-17-7-4-3-5-8-17)24(22-9-6-14-29-22)19(18)16-21(20)28-2/h3-11,14-16,24H,12-13H2,1-2H3. The van der Waals surface area contributed by atoms with Crippen LogP contribution in [0.2, 0.25) is 0 Å². The Balaban J connectivity index is 1.72. The zero-order valence-corrected chi connectivity index (χ0v) is 17.3. The van der Waals surface area contributed by atoms with Crippen LogP contribution in [0.25, 0.3) is 6.08 Å². The monoisotopic (exact) mass is 405 g/mol. The van der Waals surface area contributed by atoms with Gasteiger partial charge in [0.05, 0.1) is 20.3 Å². The Hall–Kier alpha value is -3.05. The molecule has 0 fully saturated rings. The molecule has 0 saturated heterocycles. The largest absolute Gasteiger partial charge is 0.493 e. The SMILES string of the molecule is COc1cc2c(cc1OC)C(c1cccs1)N(C(=O)C=Cc1ccccc1)CC2. The van der Waals surface area contributed by atoms with Gasteiger partial charge in [-0.1, -0.05) is 36.4 Å². The van der Waals surface area contributed by atoms with E-state index >= 15 is 0 Å². The normalized spacial score (nSPS) is 15.9. The van der Waals surface area contributed by atoms with Gasteiger partial charge in [-0.05, 0) is 52.8 Å². The number of nitrogens with zero attached hydrogens (tertiary/aromatic N) is 1. The highest BCUT2D eigenvalue weighted by atomic mass is 32.1. The average molecular weight is 406 g/mol. The number of amides is 1. The van der Waals surface area contributed by atoms with Crippen LogP contribution in [0, 0.1) is 0 Å². The van der Waals surface area contributed by atoms with Crippen molar-refractivity contribution in [2.75, 3.05) is 20.8 Å². The second kappa shape index (κ2) is 8.53. The summed E-state index contributed by atoms with van der Waals surface area (Å²) < 4.78 is 11.0. The number of carbonyl (C=O) groups excluding carboxylic acids is 1. The van der Waals surface area contributed by atoms with E-state index in [2.05, 4.69) is 6.07 Å². The van der Waals surface area contributed by atoms with Crippen LogP contribution in [0.3, 0.4) is 0 Å². The summed E-state index contributed by atoms with van der Waals surface area (Å²) in [6, 6.07) is 17.9. The zero-order chi connectivity index (χ0) is 20.2. The van der Waals surface area contributed by atoms with E-state index in [1.165, 1.54) is 5.56 Å². The van der Waals surface area contributed by atoms with Gasteiger partial charge >= 0.3 is 0 Å². The summed E-state index contributed by atoms with van der Waals surface area (Å²) >= 11 is 1.66. The highest BCUT2D eigenvalue weighted by Crippen LogP contribution is 2.42. The maximum atomic E-state index is 13.2. The third-order valence-electron chi connectivity index (χ3n) is 5.19. The fourth-order valence-electron chi connectivity index (χ4n) is 3.76. The fourth-order valence-corrected chi connectivity index (χ4v) is 4.62. The average Bonchev–Trinajstić information content (AvgIpc) is 3.30. The first-order valence-corrected chi connectivity index (χ1v) is 10.4. The quantitative estimate of drug-likeness (QED) is 0.564. The van der Waals surface area contributed by atoms with E-state index in [1.54, 1.807) is 31.6 Å². The minimum Gasteiger partial charge on any atom is -0.493 e. The van der Waals surface area contributed by atoms with E-state index < -0.39 is 0 Å². The van der Waals surface area contributed by atoms with Crippen LogP contribution in [0.1, 0.15) is 27.6 Å². The van der Waals surface area contributed by atoms with E-state index in [4.69, 9.17) is 9.47 Å². The van der Waals surface area contributed by atoms with Gasteiger partial charge in [-0.15, -0.1) is 11.3 Å². The smallest absolute Gasteiger partial charge is 0.247 e. The van der Waals surface area contributed by atoms with Gasteiger partial charge in [0.15, 0.2) is 11.5 Å². The van der Waals surface area contributed by atoms with Gasteiger partial charge in [0.1, 0.15) is 0 Å². The molecule has 0 aliphatic carbocycles. The maximum absolute atomic E-state index is 13.2. The van der Waals surface area contributed by atoms with Gasteiger partial charge in [-0.25, -0.2) is 0 Å². The van der Waals surface area contributed by atoms with Crippen molar-refractivity contribution >= 4 is 23.3 Å². The predicted molar refractivity (Wildman–Crippen MR) is 117 cm³/mol. The summed E-state index contributed by atoms with van der Waals surface area (Å²) in [5.41, 5.74) is 3.30. The molecule has 29 heavy (non-hydrogen) atoms. The highest BCUT2D eigenvalue weighted by Gasteiger charge is 2.33. The van der Waals surface area contributed by atoms with E-state index in [1.807, 2.05) is 64.9 Å². The first-order chi connectivity index (χ1) is 14.2. The molecule has 0 saturated carbocycles. The van der Waals surface area contributed by atoms with Crippen molar-refractivity contribution in [3.63, 3.8) is 0 Å². The lowest BCUT2D eigenvalue weighted by Crippen LogP contribution is -2.39. The van der Waals surface area contributed by atoms with E-state index in [0.29, 0.717) is 12.3 Å². The molecule has 1 aliphatic rings. The first kappa shape index (κ1) is 19.3. The van der Waals surface area contributed by atoms with Crippen molar-refractivity contribution in [3.8, 4) is 11.5 Å². The zero-order valence-electron chi connectivity index (χ0n) is 16.5. The lowest BCUT2D eigenvalue weighted by atomic mass is 9.90. The van der Waals surface area contributed by atoms with Crippen molar-refractivity contribution in [3.05, 3.63) is 87.6 Å². The Bertz CT molecular complexity index is 1010. The van der Waals surface area contributed by atoms with Crippen LogP contribution >= 0.6 is 11.3 Å². The number of fused-ring (bicyclic) bond motifs is 1. The van der Waals surface area contributed by atoms with Gasteiger partial charge in [-0.3, -0.25) is 4.79 Å². The third-order valence-corrected chi connectivity index (χ3v) is 6.11. The third kappa shape index (κ3) is 3.91. The van der Waals surface area contributed by atoms with Gasteiger partial charge in [0.2, 0.25) is 5.91 Å². The number of methoxy groups -OCH3 is 2. The molecule has 0 radical (unpaired) electrons. The lowest BCUT2D eigenvalue weighted by molar-refractivity contribution is -0.127. The number of thiophene rings is 1. The number of hydrogen-bond acceptors (Lipinski definition) is 4. The fraction of sp³-hybridized carbons (Fsp3) is 0.208. The van der Waals surface area contributed by atoms with Crippen LogP contribution in [-0.2, 0) is 11.2 Å². The van der Waals surface area contributed by atoms with Crippen LogP contribution in [0.4, 0.5) is 0 Å². The Morgan fingerprint density at radius 1 is 1.07 bits per heavy atom. The summed E-state index contributed by atoms with van der Waals surface area (Å²) in [6.07, 6.45) is 4.32. The van der Waals surface area contributed by atoms with Crippen molar-refractivity contribution < 1.29 is 14.3 Å². The molecule has 0 bridgehead atoms. The van der Waals surface area contributed by atoms with Crippen LogP contribution in [0.15, 0.2) is 66.1 Å². The second-order valence-corrected chi connectivity index (χ2v) is 7.83. The Morgan fingerprint density at radius 3 is 2.52 bits per heavy atom. The Kier molecular flexibility index (Phi) is 5.67. The van der Waals surface area contributed by atoms with E-state index in [-0.39, 0.29) is 11.9 Å². The molecule has 2 aromatic carbocycles. The number of benzene rings is 2. The molecule has 0 N–H and O–H groups in total. The summed E-state index contributed by atoms with van der Waals surface area (Å²) in [4.78, 5) is 16.2. The topological polar surface area (TPSA) is 38.8 Å². The molecule has 1 aromatic heterocycles. The number of carbonyl (C=O) groups is 1. The number of ether oxygens (including phenoxy) is 2. The number of hydrogen-bond donors (Lipinski definition) is 0. The van der Waals surface area contributed by atoms with Gasteiger partial charge in [0, 0.05) is 17.5 Å². The summed E-state index contributed by atoms with van der Waals surface area (Å²) in [7, 11) is 3.28. The summed E-state index contributed by atoms with van der Waals surface area (Å²) in [5.74, 6) is 1.41. The molecule has 1 unspecified atom stereocenters. The van der Waals surface area contributed by atoms with Crippen molar-refractivity contribution in [1.82, 2.24) is 4.90 Å². The molecule has 0 spiro atoms. The second-order valence-electron chi connectivity index (χ2n) is 6.85. The lowest BCUT2D eigenvalue weighted by Gasteiger charge is -2.37. The molecule has 1 atom stereocenters. The summed E-state index contributed by atoms with van der Waals surface area (Å²) in [6.45, 7) is 0.656. The van der Waals surface area contributed by atoms with Gasteiger partial charge in [0.25, 0.3) is 0 Å². The Morgan fingerprint density at radius 2 is 1.83 bits per heavy atom. The first-order valence-electron chi connectivity index (χ1n) is 9.53. The molecule has 4 nitrogen and oxygen atoms in total. The molecule has 1 aliphatic heterocycles. The van der Waals surface area contributed by atoms with Crippen LogP contribution in [-0.4, -0.2) is 31.6 Å². The molecule has 5 heteroatoms.